The fourth-order valence-corrected chi connectivity index (χ4v) is 2.30. The molecule has 0 saturated carbocycles. The Balaban J connectivity index is 3.29. The van der Waals surface area contributed by atoms with Crippen molar-refractivity contribution in [2.45, 2.75) is 85.0 Å². The molecule has 0 aliphatic carbocycles. The Hall–Kier alpha value is -1.32. The molecule has 0 aromatic carbocycles. The first-order chi connectivity index (χ1) is 11.6. The molecule has 0 aliphatic rings. The van der Waals surface area contributed by atoms with Crippen LogP contribution in [0, 0.1) is 5.92 Å². The van der Waals surface area contributed by atoms with Crippen LogP contribution in [-0.2, 0) is 19.1 Å². The molecule has 0 bridgehead atoms. The van der Waals surface area contributed by atoms with Crippen molar-refractivity contribution < 1.29 is 19.1 Å². The molecule has 0 heterocycles. The van der Waals surface area contributed by atoms with E-state index in [0.717, 1.165) is 51.4 Å². The molecule has 0 unspecified atom stereocenters. The summed E-state index contributed by atoms with van der Waals surface area (Å²) in [6.45, 7) is 7.19. The van der Waals surface area contributed by atoms with Gasteiger partial charge >= 0.3 is 11.9 Å². The summed E-state index contributed by atoms with van der Waals surface area (Å²) in [7, 11) is 0. The third-order valence-corrected chi connectivity index (χ3v) is 3.78. The van der Waals surface area contributed by atoms with Crippen LogP contribution in [0.5, 0.6) is 0 Å². The third-order valence-electron chi connectivity index (χ3n) is 3.78. The van der Waals surface area contributed by atoms with E-state index in [1.807, 2.05) is 19.1 Å². The molecule has 0 fully saturated rings. The van der Waals surface area contributed by atoms with Gasteiger partial charge in [0.1, 0.15) is 6.61 Å². The van der Waals surface area contributed by atoms with Gasteiger partial charge < -0.3 is 9.47 Å². The number of allylic oxidation sites excluding steroid dienone is 1. The zero-order valence-electron chi connectivity index (χ0n) is 15.9. The summed E-state index contributed by atoms with van der Waals surface area (Å²) in [5.74, 6) is 0.481. The molecule has 0 radical (unpaired) electrons. The van der Waals surface area contributed by atoms with Gasteiger partial charge in [-0.3, -0.25) is 9.59 Å². The van der Waals surface area contributed by atoms with Crippen LogP contribution in [-0.4, -0.2) is 25.2 Å². The molecule has 0 saturated heterocycles. The Morgan fingerprint density at radius 3 is 1.92 bits per heavy atom. The van der Waals surface area contributed by atoms with Crippen molar-refractivity contribution in [1.82, 2.24) is 0 Å². The van der Waals surface area contributed by atoms with Crippen molar-refractivity contribution in [2.75, 3.05) is 13.2 Å². The number of hydrogen-bond acceptors (Lipinski definition) is 4. The van der Waals surface area contributed by atoms with Gasteiger partial charge in [0.05, 0.1) is 6.61 Å². The van der Waals surface area contributed by atoms with E-state index < -0.39 is 0 Å². The monoisotopic (exact) mass is 340 g/mol. The smallest absolute Gasteiger partial charge is 0.306 e. The number of esters is 2. The molecule has 0 spiro atoms. The van der Waals surface area contributed by atoms with Gasteiger partial charge in [-0.2, -0.15) is 0 Å². The second-order valence-electron chi connectivity index (χ2n) is 6.63. The quantitative estimate of drug-likeness (QED) is 0.233. The molecule has 0 aromatic heterocycles. The minimum absolute atomic E-state index is 0.0670. The van der Waals surface area contributed by atoms with E-state index in [1.165, 1.54) is 0 Å². The van der Waals surface area contributed by atoms with Gasteiger partial charge in [-0.05, 0) is 38.5 Å². The van der Waals surface area contributed by atoms with Crippen molar-refractivity contribution in [3.8, 4) is 0 Å². The highest BCUT2D eigenvalue weighted by Gasteiger charge is 2.04. The molecule has 24 heavy (non-hydrogen) atoms. The van der Waals surface area contributed by atoms with E-state index in [1.54, 1.807) is 0 Å². The molecular weight excluding hydrogens is 304 g/mol. The molecule has 140 valence electrons. The zero-order valence-corrected chi connectivity index (χ0v) is 15.9. The van der Waals surface area contributed by atoms with Crippen molar-refractivity contribution in [3.63, 3.8) is 0 Å². The standard InChI is InChI=1S/C20H36O4/c1-4-5-16-23-19(21)14-10-8-6-7-9-11-15-20(22)24-17-12-13-18(2)3/h4-5,18H,6-17H2,1-3H3/b5-4+. The van der Waals surface area contributed by atoms with E-state index in [9.17, 15) is 9.59 Å². The topological polar surface area (TPSA) is 52.6 Å². The normalized spacial score (nSPS) is 11.2. The van der Waals surface area contributed by atoms with Crippen molar-refractivity contribution in [3.05, 3.63) is 12.2 Å². The van der Waals surface area contributed by atoms with E-state index in [4.69, 9.17) is 9.47 Å². The Morgan fingerprint density at radius 2 is 1.38 bits per heavy atom. The lowest BCUT2D eigenvalue weighted by Crippen LogP contribution is -2.06. The highest BCUT2D eigenvalue weighted by Crippen LogP contribution is 2.10. The fraction of sp³-hybridized carbons (Fsp3) is 0.800. The van der Waals surface area contributed by atoms with Crippen LogP contribution in [0.1, 0.15) is 85.0 Å². The van der Waals surface area contributed by atoms with Crippen molar-refractivity contribution >= 4 is 11.9 Å². The van der Waals surface area contributed by atoms with E-state index in [2.05, 4.69) is 13.8 Å². The van der Waals surface area contributed by atoms with Gasteiger partial charge in [0, 0.05) is 12.8 Å². The van der Waals surface area contributed by atoms with Crippen LogP contribution in [0.2, 0.25) is 0 Å². The van der Waals surface area contributed by atoms with E-state index in [-0.39, 0.29) is 11.9 Å². The summed E-state index contributed by atoms with van der Waals surface area (Å²) < 4.78 is 10.2. The summed E-state index contributed by atoms with van der Waals surface area (Å²) in [6, 6.07) is 0. The summed E-state index contributed by atoms with van der Waals surface area (Å²) in [6.07, 6.45) is 12.9. The average Bonchev–Trinajstić information content (AvgIpc) is 2.54. The summed E-state index contributed by atoms with van der Waals surface area (Å²) in [5.41, 5.74) is 0. The lowest BCUT2D eigenvalue weighted by Gasteiger charge is -2.06. The number of carbonyl (C=O) groups excluding carboxylic acids is 2. The van der Waals surface area contributed by atoms with Gasteiger partial charge in [-0.15, -0.1) is 0 Å². The van der Waals surface area contributed by atoms with E-state index >= 15 is 0 Å². The number of rotatable bonds is 15. The number of carbonyl (C=O) groups is 2. The molecule has 0 N–H and O–H groups in total. The number of hydrogen-bond donors (Lipinski definition) is 0. The maximum absolute atomic E-state index is 11.5. The zero-order chi connectivity index (χ0) is 18.0. The third kappa shape index (κ3) is 17.0. The number of ether oxygens (including phenoxy) is 2. The Labute approximate surface area is 148 Å². The summed E-state index contributed by atoms with van der Waals surface area (Å²) >= 11 is 0. The maximum atomic E-state index is 11.5. The summed E-state index contributed by atoms with van der Waals surface area (Å²) in [5, 5.41) is 0. The highest BCUT2D eigenvalue weighted by molar-refractivity contribution is 5.69. The van der Waals surface area contributed by atoms with Gasteiger partial charge in [-0.1, -0.05) is 51.7 Å². The minimum atomic E-state index is -0.117. The second-order valence-corrected chi connectivity index (χ2v) is 6.63. The molecule has 0 aromatic rings. The van der Waals surface area contributed by atoms with Crippen LogP contribution in [0.25, 0.3) is 0 Å². The van der Waals surface area contributed by atoms with E-state index in [0.29, 0.717) is 32.0 Å². The van der Waals surface area contributed by atoms with Crippen molar-refractivity contribution in [1.29, 1.82) is 0 Å². The maximum Gasteiger partial charge on any atom is 0.306 e. The van der Waals surface area contributed by atoms with Crippen LogP contribution < -0.4 is 0 Å². The van der Waals surface area contributed by atoms with Gasteiger partial charge in [0.15, 0.2) is 0 Å². The molecular formula is C20H36O4. The first kappa shape index (κ1) is 22.7. The van der Waals surface area contributed by atoms with Crippen LogP contribution in [0.4, 0.5) is 0 Å². The average molecular weight is 341 g/mol. The van der Waals surface area contributed by atoms with Gasteiger partial charge in [0.25, 0.3) is 0 Å². The lowest BCUT2D eigenvalue weighted by atomic mass is 10.1. The highest BCUT2D eigenvalue weighted by atomic mass is 16.5. The Bertz CT molecular complexity index is 348. The van der Waals surface area contributed by atoms with Crippen LogP contribution in [0.3, 0.4) is 0 Å². The van der Waals surface area contributed by atoms with Gasteiger partial charge in [-0.25, -0.2) is 0 Å². The fourth-order valence-electron chi connectivity index (χ4n) is 2.30. The largest absolute Gasteiger partial charge is 0.466 e. The lowest BCUT2D eigenvalue weighted by molar-refractivity contribution is -0.144. The Kier molecular flexibility index (Phi) is 15.6. The summed E-state index contributed by atoms with van der Waals surface area (Å²) in [4.78, 5) is 22.9. The molecule has 4 heteroatoms. The van der Waals surface area contributed by atoms with Gasteiger partial charge in [0.2, 0.25) is 0 Å². The Morgan fingerprint density at radius 1 is 0.833 bits per heavy atom. The molecule has 0 atom stereocenters. The second kappa shape index (κ2) is 16.5. The molecule has 0 aliphatic heterocycles. The molecule has 0 amide bonds. The van der Waals surface area contributed by atoms with Crippen molar-refractivity contribution in [2.24, 2.45) is 5.92 Å². The molecule has 0 rings (SSSR count). The predicted octanol–water partition coefficient (Wildman–Crippen LogP) is 5.21. The number of unbranched alkanes of at least 4 members (excludes halogenated alkanes) is 5. The first-order valence-corrected chi connectivity index (χ1v) is 9.48. The van der Waals surface area contributed by atoms with Crippen LogP contribution >= 0.6 is 0 Å². The van der Waals surface area contributed by atoms with Crippen LogP contribution in [0.15, 0.2) is 12.2 Å². The SMILES string of the molecule is C/C=C/COC(=O)CCCCCCCCC(=O)OCCCC(C)C. The minimum Gasteiger partial charge on any atom is -0.466 e. The predicted molar refractivity (Wildman–Crippen MR) is 97.7 cm³/mol. The molecule has 4 nitrogen and oxygen atoms in total. The first-order valence-electron chi connectivity index (χ1n) is 9.48.